The van der Waals surface area contributed by atoms with Gasteiger partial charge in [0.15, 0.2) is 12.4 Å². The lowest BCUT2D eigenvalue weighted by molar-refractivity contribution is -0.613. The highest BCUT2D eigenvalue weighted by molar-refractivity contribution is 6.30. The molecular weight excluding hydrogens is 514 g/mol. The van der Waals surface area contributed by atoms with Gasteiger partial charge in [-0.2, -0.15) is 9.46 Å². The first-order chi connectivity index (χ1) is 18.9. The molecule has 1 N–H and O–H groups in total. The maximum absolute atomic E-state index is 11.0. The SMILES string of the molecule is C1=Cc2cccnc2C1.O=C(O)c1cccc(Cl)c1.[O-][n+]1cccc2c1CC=C2.[O-][n+]1cccc2c1CC=C2. The fraction of sp³-hybridized carbons (Fsp3) is 0.0968. The van der Waals surface area contributed by atoms with Crippen LogP contribution in [0.1, 0.15) is 44.1 Å². The van der Waals surface area contributed by atoms with E-state index in [4.69, 9.17) is 16.7 Å². The Balaban J connectivity index is 0.000000121. The third-order valence-electron chi connectivity index (χ3n) is 6.02. The van der Waals surface area contributed by atoms with Gasteiger partial charge in [0.25, 0.3) is 0 Å². The van der Waals surface area contributed by atoms with Gasteiger partial charge in [0.2, 0.25) is 11.4 Å². The Hall–Kier alpha value is -4.75. The van der Waals surface area contributed by atoms with Crippen molar-refractivity contribution in [2.24, 2.45) is 0 Å². The Labute approximate surface area is 231 Å². The van der Waals surface area contributed by atoms with E-state index < -0.39 is 5.97 Å². The van der Waals surface area contributed by atoms with Gasteiger partial charge in [-0.3, -0.25) is 4.98 Å². The molecule has 3 aromatic heterocycles. The van der Waals surface area contributed by atoms with Gasteiger partial charge in [0.05, 0.1) is 24.1 Å². The monoisotopic (exact) mass is 539 g/mol. The summed E-state index contributed by atoms with van der Waals surface area (Å²) in [7, 11) is 0. The number of nitrogens with zero attached hydrogens (tertiary/aromatic N) is 3. The van der Waals surface area contributed by atoms with Crippen molar-refractivity contribution in [3.63, 3.8) is 0 Å². The summed E-state index contributed by atoms with van der Waals surface area (Å²) in [6, 6.07) is 17.6. The second kappa shape index (κ2) is 13.2. The molecule has 7 rings (SSSR count). The molecule has 0 fully saturated rings. The number of carbonyl (C=O) groups is 1. The van der Waals surface area contributed by atoms with Gasteiger partial charge in [-0.15, -0.1) is 0 Å². The average Bonchev–Trinajstić information content (AvgIpc) is 3.71. The minimum absolute atomic E-state index is 0.215. The van der Waals surface area contributed by atoms with Crippen LogP contribution in [0.25, 0.3) is 18.2 Å². The molecular formula is C31H26ClN3O4. The number of aromatic nitrogens is 3. The lowest BCUT2D eigenvalue weighted by Gasteiger charge is -1.99. The van der Waals surface area contributed by atoms with Crippen LogP contribution >= 0.6 is 11.6 Å². The van der Waals surface area contributed by atoms with Gasteiger partial charge in [-0.25, -0.2) is 4.79 Å². The van der Waals surface area contributed by atoms with Crippen molar-refractivity contribution < 1.29 is 19.4 Å². The fourth-order valence-electron chi connectivity index (χ4n) is 4.08. The molecule has 0 saturated heterocycles. The molecule has 3 aliphatic rings. The molecule has 0 aliphatic heterocycles. The maximum atomic E-state index is 11.0. The van der Waals surface area contributed by atoms with Gasteiger partial charge in [0.1, 0.15) is 0 Å². The first-order valence-corrected chi connectivity index (χ1v) is 12.6. The summed E-state index contributed by atoms with van der Waals surface area (Å²) >= 11 is 5.53. The van der Waals surface area contributed by atoms with Gasteiger partial charge in [-0.05, 0) is 42.0 Å². The van der Waals surface area contributed by atoms with Crippen molar-refractivity contribution in [2.45, 2.75) is 19.3 Å². The molecule has 0 saturated carbocycles. The minimum Gasteiger partial charge on any atom is -0.618 e. The topological polar surface area (TPSA) is 104 Å². The first-order valence-electron chi connectivity index (χ1n) is 12.3. The summed E-state index contributed by atoms with van der Waals surface area (Å²) in [5.74, 6) is -0.956. The lowest BCUT2D eigenvalue weighted by atomic mass is 10.2. The van der Waals surface area contributed by atoms with Gasteiger partial charge in [-0.1, -0.05) is 60.2 Å². The Morgan fingerprint density at radius 2 is 1.33 bits per heavy atom. The maximum Gasteiger partial charge on any atom is 0.335 e. The molecule has 3 aliphatic carbocycles. The Morgan fingerprint density at radius 1 is 0.769 bits per heavy atom. The molecule has 3 heterocycles. The van der Waals surface area contributed by atoms with Crippen LogP contribution in [-0.2, 0) is 19.3 Å². The number of hydrogen-bond acceptors (Lipinski definition) is 4. The van der Waals surface area contributed by atoms with Crippen molar-refractivity contribution in [1.82, 2.24) is 4.98 Å². The molecule has 1 aromatic carbocycles. The number of pyridine rings is 3. The molecule has 8 heteroatoms. The number of halogens is 1. The summed E-state index contributed by atoms with van der Waals surface area (Å²) in [6.07, 6.45) is 19.7. The molecule has 0 atom stereocenters. The quantitative estimate of drug-likeness (QED) is 0.255. The molecule has 39 heavy (non-hydrogen) atoms. The predicted octanol–water partition coefficient (Wildman–Crippen LogP) is 5.47. The van der Waals surface area contributed by atoms with Crippen LogP contribution < -0.4 is 9.46 Å². The molecule has 7 nitrogen and oxygen atoms in total. The number of aromatic carboxylic acids is 1. The van der Waals surface area contributed by atoms with E-state index in [2.05, 4.69) is 23.2 Å². The van der Waals surface area contributed by atoms with E-state index >= 15 is 0 Å². The molecule has 196 valence electrons. The molecule has 0 radical (unpaired) electrons. The van der Waals surface area contributed by atoms with Crippen LogP contribution in [0.3, 0.4) is 0 Å². The number of hydrogen-bond donors (Lipinski definition) is 1. The summed E-state index contributed by atoms with van der Waals surface area (Å²) in [4.78, 5) is 14.5. The van der Waals surface area contributed by atoms with Gasteiger partial charge >= 0.3 is 5.97 Å². The van der Waals surface area contributed by atoms with Crippen LogP contribution in [-0.4, -0.2) is 16.1 Å². The summed E-state index contributed by atoms with van der Waals surface area (Å²) in [5, 5.41) is 30.9. The Morgan fingerprint density at radius 3 is 1.85 bits per heavy atom. The highest BCUT2D eigenvalue weighted by atomic mass is 35.5. The second-order valence-corrected chi connectivity index (χ2v) is 9.08. The van der Waals surface area contributed by atoms with Crippen molar-refractivity contribution in [3.05, 3.63) is 152 Å². The molecule has 0 amide bonds. The summed E-state index contributed by atoms with van der Waals surface area (Å²) in [5.41, 5.74) is 6.53. The third-order valence-corrected chi connectivity index (χ3v) is 6.25. The zero-order chi connectivity index (χ0) is 27.6. The largest absolute Gasteiger partial charge is 0.618 e. The van der Waals surface area contributed by atoms with E-state index in [1.54, 1.807) is 24.3 Å². The number of allylic oxidation sites excluding steroid dienone is 3. The van der Waals surface area contributed by atoms with Crippen molar-refractivity contribution in [2.75, 3.05) is 0 Å². The first kappa shape index (κ1) is 27.3. The minimum atomic E-state index is -0.956. The van der Waals surface area contributed by atoms with Gasteiger partial charge in [0, 0.05) is 40.9 Å². The number of benzene rings is 1. The van der Waals surface area contributed by atoms with E-state index in [0.29, 0.717) is 5.02 Å². The number of carboxylic acid groups (broad SMARTS) is 1. The van der Waals surface area contributed by atoms with E-state index in [0.717, 1.165) is 51.2 Å². The Bertz CT molecular complexity index is 1500. The van der Waals surface area contributed by atoms with Gasteiger partial charge < -0.3 is 15.5 Å². The second-order valence-electron chi connectivity index (χ2n) is 8.65. The van der Waals surface area contributed by atoms with Crippen LogP contribution in [0.2, 0.25) is 5.02 Å². The van der Waals surface area contributed by atoms with Crippen molar-refractivity contribution >= 4 is 35.8 Å². The lowest BCUT2D eigenvalue weighted by Crippen LogP contribution is -2.30. The molecule has 0 spiro atoms. The number of fused-ring (bicyclic) bond motifs is 3. The Kier molecular flexibility index (Phi) is 9.21. The molecule has 0 unspecified atom stereocenters. The van der Waals surface area contributed by atoms with Crippen molar-refractivity contribution in [3.8, 4) is 0 Å². The smallest absolute Gasteiger partial charge is 0.335 e. The van der Waals surface area contributed by atoms with Crippen LogP contribution in [0, 0.1) is 10.4 Å². The average molecular weight is 540 g/mol. The van der Waals surface area contributed by atoms with Crippen LogP contribution in [0.15, 0.2) is 97.5 Å². The van der Waals surface area contributed by atoms with Crippen LogP contribution in [0.5, 0.6) is 0 Å². The van der Waals surface area contributed by atoms with Crippen molar-refractivity contribution in [1.29, 1.82) is 0 Å². The summed E-state index contributed by atoms with van der Waals surface area (Å²) in [6.45, 7) is 0. The van der Waals surface area contributed by atoms with E-state index in [-0.39, 0.29) is 5.56 Å². The normalized spacial score (nSPS) is 12.5. The fourth-order valence-corrected chi connectivity index (χ4v) is 4.27. The summed E-state index contributed by atoms with van der Waals surface area (Å²) < 4.78 is 1.85. The standard InChI is InChI=1S/2C8H7NO.C8H7N.C7H5ClO2/c2*10-9-6-2-4-7-3-1-5-8(7)9;1-3-7-4-2-6-9-8(7)5-1;8-6-3-1-2-5(4-6)7(9)10/h2*1-4,6H,5H2;1-4,6H,5H2;1-4H,(H,9,10). The number of rotatable bonds is 1. The highest BCUT2D eigenvalue weighted by Crippen LogP contribution is 2.16. The third kappa shape index (κ3) is 7.40. The predicted molar refractivity (Wildman–Crippen MR) is 152 cm³/mol. The van der Waals surface area contributed by atoms with Crippen LogP contribution in [0.4, 0.5) is 0 Å². The van der Waals surface area contributed by atoms with E-state index in [1.807, 2.05) is 48.7 Å². The molecule has 0 bridgehead atoms. The van der Waals surface area contributed by atoms with E-state index in [9.17, 15) is 15.2 Å². The zero-order valence-electron chi connectivity index (χ0n) is 21.0. The zero-order valence-corrected chi connectivity index (χ0v) is 21.7. The van der Waals surface area contributed by atoms with E-state index in [1.165, 1.54) is 35.8 Å². The highest BCUT2D eigenvalue weighted by Gasteiger charge is 2.13. The number of carboxylic acids is 1. The molecule has 4 aromatic rings.